The molecule has 1 N–H and O–H groups in total. The van der Waals surface area contributed by atoms with Crippen LogP contribution in [0.3, 0.4) is 0 Å². The van der Waals surface area contributed by atoms with Gasteiger partial charge in [-0.25, -0.2) is 0 Å². The van der Waals surface area contributed by atoms with Gasteiger partial charge in [-0.1, -0.05) is 121 Å². The third kappa shape index (κ3) is 11.5. The summed E-state index contributed by atoms with van der Waals surface area (Å²) in [6.07, 6.45) is 23.7. The van der Waals surface area contributed by atoms with Gasteiger partial charge in [0.1, 0.15) is 11.5 Å². The summed E-state index contributed by atoms with van der Waals surface area (Å²) in [7, 11) is 0. The summed E-state index contributed by atoms with van der Waals surface area (Å²) in [4.78, 5) is 11.9. The van der Waals surface area contributed by atoms with Crippen LogP contribution in [0, 0.1) is 31.6 Å². The van der Waals surface area contributed by atoms with Crippen LogP contribution >= 0.6 is 0 Å². The highest BCUT2D eigenvalue weighted by atomic mass is 16.5. The maximum atomic E-state index is 11.9. The minimum atomic E-state index is -0.765. The zero-order chi connectivity index (χ0) is 45.0. The van der Waals surface area contributed by atoms with Crippen molar-refractivity contribution in [2.24, 2.45) is 17.8 Å². The molecule has 0 amide bonds. The van der Waals surface area contributed by atoms with E-state index in [1.807, 2.05) is 12.2 Å². The molecule has 0 saturated heterocycles. The van der Waals surface area contributed by atoms with E-state index < -0.39 is 11.9 Å². The quantitative estimate of drug-likeness (QED) is 0.0856. The molecule has 1 aromatic heterocycles. The van der Waals surface area contributed by atoms with Crippen LogP contribution in [0.1, 0.15) is 156 Å². The Labute approximate surface area is 379 Å². The number of hydrogen-bond donors (Lipinski definition) is 1. The van der Waals surface area contributed by atoms with Gasteiger partial charge >= 0.3 is 5.97 Å². The number of unbranched alkanes of at least 4 members (excludes halogenated alkanes) is 2. The molecule has 0 saturated carbocycles. The third-order valence-corrected chi connectivity index (χ3v) is 13.5. The minimum absolute atomic E-state index is 0.482. The Morgan fingerprint density at radius 2 is 1.43 bits per heavy atom. The first-order chi connectivity index (χ1) is 30.5. The molecule has 2 unspecified atom stereocenters. The summed E-state index contributed by atoms with van der Waals surface area (Å²) in [5.74, 6) is 1.82. The average Bonchev–Trinajstić information content (AvgIpc) is 3.60. The molecule has 5 heteroatoms. The lowest BCUT2D eigenvalue weighted by Gasteiger charge is -2.26. The molecule has 0 radical (unpaired) electrons. The predicted molar refractivity (Wildman–Crippen MR) is 267 cm³/mol. The van der Waals surface area contributed by atoms with Crippen molar-refractivity contribution in [3.8, 4) is 17.2 Å². The number of fused-ring (bicyclic) bond motifs is 1. The van der Waals surface area contributed by atoms with E-state index in [9.17, 15) is 9.90 Å². The fourth-order valence-corrected chi connectivity index (χ4v) is 9.75. The number of allylic oxidation sites excluding steroid dienone is 5. The lowest BCUT2D eigenvalue weighted by Crippen LogP contribution is -2.16. The monoisotopic (exact) mass is 848 g/mol. The Hall–Kier alpha value is -5.29. The molecule has 3 atom stereocenters. The van der Waals surface area contributed by atoms with E-state index in [0.29, 0.717) is 18.3 Å². The molecule has 0 fully saturated rings. The first-order valence-corrected chi connectivity index (χ1v) is 23.9. The van der Waals surface area contributed by atoms with Crippen molar-refractivity contribution in [1.29, 1.82) is 0 Å². The summed E-state index contributed by atoms with van der Waals surface area (Å²) in [6, 6.07) is 21.9. The molecule has 0 bridgehead atoms. The van der Waals surface area contributed by atoms with Gasteiger partial charge in [0.05, 0.1) is 24.8 Å². The van der Waals surface area contributed by atoms with Crippen LogP contribution < -0.4 is 9.47 Å². The molecule has 63 heavy (non-hydrogen) atoms. The summed E-state index contributed by atoms with van der Waals surface area (Å²) in [5, 5.41) is 9.81. The number of carboxylic acids is 1. The van der Waals surface area contributed by atoms with E-state index in [0.717, 1.165) is 84.9 Å². The number of rotatable bonds is 22. The second kappa shape index (κ2) is 22.4. The molecular weight excluding hydrogens is 775 g/mol. The van der Waals surface area contributed by atoms with Gasteiger partial charge in [-0.2, -0.15) is 0 Å². The lowest BCUT2D eigenvalue weighted by molar-refractivity contribution is -0.140. The Bertz CT molecular complexity index is 2310. The number of nitrogens with zero attached hydrogens (tertiary/aromatic N) is 1. The van der Waals surface area contributed by atoms with Gasteiger partial charge in [0, 0.05) is 22.5 Å². The van der Waals surface area contributed by atoms with E-state index in [-0.39, 0.29) is 0 Å². The second-order valence-electron chi connectivity index (χ2n) is 18.2. The van der Waals surface area contributed by atoms with Crippen molar-refractivity contribution >= 4 is 35.3 Å². The number of aromatic nitrogens is 1. The van der Waals surface area contributed by atoms with E-state index in [4.69, 9.17) is 9.47 Å². The molecule has 334 valence electrons. The highest BCUT2D eigenvalue weighted by molar-refractivity contribution is 5.91. The van der Waals surface area contributed by atoms with Crippen LogP contribution in [0.4, 0.5) is 0 Å². The SMILES string of the molecule is C=Cc1c2c(n(-c3cc(C)c(C4=C(C)C[C@@H](C(=O)O)C=C4C)c(C)c3)c1/C=C\Cc1ccc(OCC(CC)CCCC)cc1)CCC(c1ccc(OCC(CC)CCCC)cc1)=C2. The fraction of sp³-hybridized carbons (Fsp3) is 0.431. The topological polar surface area (TPSA) is 60.7 Å². The first kappa shape index (κ1) is 47.2. The average molecular weight is 848 g/mol. The highest BCUT2D eigenvalue weighted by Crippen LogP contribution is 2.42. The Morgan fingerprint density at radius 1 is 0.841 bits per heavy atom. The van der Waals surface area contributed by atoms with Gasteiger partial charge in [-0.15, -0.1) is 0 Å². The third-order valence-electron chi connectivity index (χ3n) is 13.5. The number of aryl methyl sites for hydroxylation is 2. The number of benzene rings is 3. The molecule has 6 rings (SSSR count). The molecule has 2 aliphatic rings. The largest absolute Gasteiger partial charge is 0.493 e. The number of aliphatic carboxylic acids is 1. The molecular formula is C58H73NO4. The van der Waals surface area contributed by atoms with E-state index in [1.165, 1.54) is 88.7 Å². The van der Waals surface area contributed by atoms with E-state index >= 15 is 0 Å². The van der Waals surface area contributed by atoms with Crippen LogP contribution in [0.15, 0.2) is 90.5 Å². The standard InChI is InChI=1S/C58H73NO4/c1-10-15-18-43(12-3)37-62-50-27-22-45(23-28-50)20-17-21-54-52(14-5)53-36-47(46-24-29-51(30-25-46)63-38-44(13-4)19-16-11-2)26-31-55(53)59(54)49-34-41(8)57(42(9)35-49)56-39(6)32-48(58(60)61)33-40(56)7/h14,17,21-25,27-30,32,34-36,43-44,48H,5,10-13,15-16,18-20,26,31,33,37-38H2,1-4,6-9H3,(H,60,61)/b21-17-/t43?,44?,48-/m0/s1. The smallest absolute Gasteiger partial charge is 0.310 e. The van der Waals surface area contributed by atoms with Crippen LogP contribution in [0.5, 0.6) is 11.5 Å². The van der Waals surface area contributed by atoms with Crippen LogP contribution in [-0.2, 0) is 17.6 Å². The molecule has 0 aliphatic heterocycles. The fourth-order valence-electron chi connectivity index (χ4n) is 9.75. The van der Waals surface area contributed by atoms with Crippen LogP contribution in [0.25, 0.3) is 35.1 Å². The summed E-state index contributed by atoms with van der Waals surface area (Å²) in [6.45, 7) is 23.5. The summed E-state index contributed by atoms with van der Waals surface area (Å²) >= 11 is 0. The van der Waals surface area contributed by atoms with Crippen molar-refractivity contribution in [1.82, 2.24) is 4.57 Å². The Kier molecular flexibility index (Phi) is 16.8. The number of ether oxygens (including phenoxy) is 2. The Morgan fingerprint density at radius 3 is 1.95 bits per heavy atom. The van der Waals surface area contributed by atoms with Crippen molar-refractivity contribution in [3.05, 3.63) is 141 Å². The maximum absolute atomic E-state index is 11.9. The zero-order valence-electron chi connectivity index (χ0n) is 39.6. The number of hydrogen-bond acceptors (Lipinski definition) is 3. The molecule has 1 heterocycles. The molecule has 2 aliphatic carbocycles. The summed E-state index contributed by atoms with van der Waals surface area (Å²) < 4.78 is 15.0. The van der Waals surface area contributed by atoms with Crippen molar-refractivity contribution in [3.63, 3.8) is 0 Å². The normalized spacial score (nSPS) is 16.1. The van der Waals surface area contributed by atoms with Gasteiger partial charge in [0.15, 0.2) is 0 Å². The van der Waals surface area contributed by atoms with E-state index in [2.05, 4.69) is 145 Å². The lowest BCUT2D eigenvalue weighted by atomic mass is 9.80. The zero-order valence-corrected chi connectivity index (χ0v) is 39.6. The van der Waals surface area contributed by atoms with Crippen molar-refractivity contribution in [2.45, 2.75) is 132 Å². The van der Waals surface area contributed by atoms with Gasteiger partial charge in [-0.05, 0) is 171 Å². The molecule has 3 aromatic carbocycles. The van der Waals surface area contributed by atoms with Crippen LogP contribution in [-0.4, -0.2) is 28.9 Å². The van der Waals surface area contributed by atoms with Gasteiger partial charge < -0.3 is 19.1 Å². The van der Waals surface area contributed by atoms with Crippen molar-refractivity contribution < 1.29 is 19.4 Å². The summed E-state index contributed by atoms with van der Waals surface area (Å²) in [5.41, 5.74) is 16.6. The second-order valence-corrected chi connectivity index (χ2v) is 18.2. The van der Waals surface area contributed by atoms with Gasteiger partial charge in [0.2, 0.25) is 0 Å². The first-order valence-electron chi connectivity index (χ1n) is 23.9. The minimum Gasteiger partial charge on any atom is -0.493 e. The highest BCUT2D eigenvalue weighted by Gasteiger charge is 2.28. The molecule has 4 aromatic rings. The molecule has 0 spiro atoms. The number of carbonyl (C=O) groups is 1. The molecule has 5 nitrogen and oxygen atoms in total. The Balaban J connectivity index is 1.33. The predicted octanol–water partition coefficient (Wildman–Crippen LogP) is 15.5. The van der Waals surface area contributed by atoms with E-state index in [1.54, 1.807) is 0 Å². The van der Waals surface area contributed by atoms with Gasteiger partial charge in [-0.3, -0.25) is 4.79 Å². The van der Waals surface area contributed by atoms with Gasteiger partial charge in [0.25, 0.3) is 0 Å². The number of carboxylic acid groups (broad SMARTS) is 1. The maximum Gasteiger partial charge on any atom is 0.310 e. The van der Waals surface area contributed by atoms with Crippen molar-refractivity contribution in [2.75, 3.05) is 13.2 Å². The van der Waals surface area contributed by atoms with Crippen LogP contribution in [0.2, 0.25) is 0 Å².